The highest BCUT2D eigenvalue weighted by Gasteiger charge is 2.31. The van der Waals surface area contributed by atoms with E-state index in [1.54, 1.807) is 6.26 Å². The number of likely N-dealkylation sites (tertiary alicyclic amines) is 1. The van der Waals surface area contributed by atoms with Crippen LogP contribution in [0, 0.1) is 0 Å². The summed E-state index contributed by atoms with van der Waals surface area (Å²) in [5.41, 5.74) is 0. The smallest absolute Gasteiger partial charge is 0.193 e. The van der Waals surface area contributed by atoms with E-state index in [4.69, 9.17) is 9.15 Å². The van der Waals surface area contributed by atoms with Crippen molar-refractivity contribution >= 4 is 29.9 Å². The first-order valence-electron chi connectivity index (χ1n) is 10.3. The van der Waals surface area contributed by atoms with Crippen LogP contribution in [0.25, 0.3) is 0 Å². The largest absolute Gasteiger partial charge is 0.468 e. The Morgan fingerprint density at radius 2 is 2.04 bits per heavy atom. The van der Waals surface area contributed by atoms with Crippen LogP contribution in [0.2, 0.25) is 0 Å². The second-order valence-corrected chi connectivity index (χ2v) is 7.22. The first kappa shape index (κ1) is 23.4. The average Bonchev–Trinajstić information content (AvgIpc) is 3.41. The molecule has 0 bridgehead atoms. The topological polar surface area (TPSA) is 56.5 Å². The predicted molar refractivity (Wildman–Crippen MR) is 124 cm³/mol. The molecule has 2 aliphatic rings. The summed E-state index contributed by atoms with van der Waals surface area (Å²) < 4.78 is 11.2. The van der Waals surface area contributed by atoms with Crippen molar-refractivity contribution < 1.29 is 9.15 Å². The maximum Gasteiger partial charge on any atom is 0.193 e. The summed E-state index contributed by atoms with van der Waals surface area (Å²) in [4.78, 5) is 11.9. The lowest BCUT2D eigenvalue weighted by atomic mass is 10.2. The Morgan fingerprint density at radius 3 is 2.64 bits per heavy atom. The molecule has 8 heteroatoms. The van der Waals surface area contributed by atoms with Gasteiger partial charge >= 0.3 is 0 Å². The summed E-state index contributed by atoms with van der Waals surface area (Å²) in [6, 6.07) is 4.85. The Hall–Kier alpha value is -0.840. The van der Waals surface area contributed by atoms with Crippen LogP contribution in [-0.2, 0) is 4.74 Å². The number of furan rings is 1. The number of likely N-dealkylation sites (N-methyl/N-ethyl adjacent to an activating group) is 1. The van der Waals surface area contributed by atoms with Crippen LogP contribution in [0.3, 0.4) is 0 Å². The molecule has 2 aliphatic heterocycles. The number of ether oxygens (including phenoxy) is 1. The van der Waals surface area contributed by atoms with E-state index in [-0.39, 0.29) is 30.0 Å². The summed E-state index contributed by atoms with van der Waals surface area (Å²) in [6.07, 6.45) is 2.95. The van der Waals surface area contributed by atoms with Crippen molar-refractivity contribution in [1.29, 1.82) is 0 Å². The second kappa shape index (κ2) is 12.0. The molecule has 0 spiro atoms. The Kier molecular flexibility index (Phi) is 10.0. The number of nitrogens with one attached hydrogen (secondary N) is 1. The molecule has 2 unspecified atom stereocenters. The molecule has 1 aromatic heterocycles. The maximum atomic E-state index is 5.71. The molecule has 0 saturated carbocycles. The van der Waals surface area contributed by atoms with Crippen LogP contribution in [-0.4, -0.2) is 92.8 Å². The number of hydrogen-bond donors (Lipinski definition) is 1. The molecule has 28 heavy (non-hydrogen) atoms. The van der Waals surface area contributed by atoms with E-state index in [1.165, 1.54) is 6.42 Å². The number of halogens is 1. The van der Waals surface area contributed by atoms with Gasteiger partial charge in [-0.1, -0.05) is 13.8 Å². The Labute approximate surface area is 186 Å². The zero-order valence-electron chi connectivity index (χ0n) is 17.5. The molecule has 7 nitrogen and oxygen atoms in total. The minimum Gasteiger partial charge on any atom is -0.468 e. The van der Waals surface area contributed by atoms with Crippen molar-refractivity contribution in [3.8, 4) is 0 Å². The molecule has 0 amide bonds. The molecule has 160 valence electrons. The molecule has 0 aliphatic carbocycles. The summed E-state index contributed by atoms with van der Waals surface area (Å²) in [6.45, 7) is 13.1. The fraction of sp³-hybridized carbons (Fsp3) is 0.750. The number of hydrogen-bond acceptors (Lipinski definition) is 5. The van der Waals surface area contributed by atoms with Gasteiger partial charge in [0.2, 0.25) is 0 Å². The van der Waals surface area contributed by atoms with E-state index in [0.717, 1.165) is 70.7 Å². The molecule has 0 radical (unpaired) electrons. The fourth-order valence-corrected chi connectivity index (χ4v) is 4.25. The number of guanidine groups is 1. The van der Waals surface area contributed by atoms with E-state index < -0.39 is 0 Å². The minimum absolute atomic E-state index is 0. The highest BCUT2D eigenvalue weighted by atomic mass is 127. The Bertz CT molecular complexity index is 573. The van der Waals surface area contributed by atoms with Crippen molar-refractivity contribution in [3.05, 3.63) is 24.2 Å². The van der Waals surface area contributed by atoms with Gasteiger partial charge in [0.15, 0.2) is 5.96 Å². The van der Waals surface area contributed by atoms with Crippen LogP contribution < -0.4 is 5.32 Å². The van der Waals surface area contributed by atoms with Crippen LogP contribution >= 0.6 is 24.0 Å². The standard InChI is InChI=1S/C20H35N5O2.HI/c1-4-23(5-2)18(19-7-6-12-27-19)15-22-20(21-3)25-9-8-17(16-25)24-10-13-26-14-11-24;/h6-7,12,17-18H,4-5,8-11,13-16H2,1-3H3,(H,21,22);1H. The third-order valence-electron chi connectivity index (χ3n) is 5.82. The van der Waals surface area contributed by atoms with Gasteiger partial charge in [-0.15, -0.1) is 24.0 Å². The lowest BCUT2D eigenvalue weighted by Gasteiger charge is -2.33. The number of morpholine rings is 1. The van der Waals surface area contributed by atoms with Gasteiger partial charge in [0.1, 0.15) is 5.76 Å². The van der Waals surface area contributed by atoms with E-state index >= 15 is 0 Å². The molecule has 2 saturated heterocycles. The van der Waals surface area contributed by atoms with Gasteiger partial charge in [-0.25, -0.2) is 0 Å². The Morgan fingerprint density at radius 1 is 1.29 bits per heavy atom. The van der Waals surface area contributed by atoms with Crippen molar-refractivity contribution in [2.75, 3.05) is 66.1 Å². The van der Waals surface area contributed by atoms with E-state index in [2.05, 4.69) is 44.9 Å². The summed E-state index contributed by atoms with van der Waals surface area (Å²) >= 11 is 0. The average molecular weight is 505 g/mol. The summed E-state index contributed by atoms with van der Waals surface area (Å²) in [7, 11) is 1.88. The zero-order chi connectivity index (χ0) is 19.1. The van der Waals surface area contributed by atoms with Crippen LogP contribution in [0.5, 0.6) is 0 Å². The van der Waals surface area contributed by atoms with E-state index in [0.29, 0.717) is 6.04 Å². The Balaban J connectivity index is 0.00000280. The zero-order valence-corrected chi connectivity index (χ0v) is 19.8. The van der Waals surface area contributed by atoms with Crippen molar-refractivity contribution in [2.24, 2.45) is 4.99 Å². The molecule has 1 aromatic rings. The van der Waals surface area contributed by atoms with Gasteiger partial charge in [-0.2, -0.15) is 0 Å². The lowest BCUT2D eigenvalue weighted by Crippen LogP contribution is -2.47. The molecular formula is C20H36IN5O2. The van der Waals surface area contributed by atoms with Crippen LogP contribution in [0.4, 0.5) is 0 Å². The third-order valence-corrected chi connectivity index (χ3v) is 5.82. The first-order valence-corrected chi connectivity index (χ1v) is 10.3. The van der Waals surface area contributed by atoms with Gasteiger partial charge < -0.3 is 19.4 Å². The normalized spacial score (nSPS) is 22.4. The molecule has 0 aromatic carbocycles. The molecular weight excluding hydrogens is 469 g/mol. The van der Waals surface area contributed by atoms with E-state index in [9.17, 15) is 0 Å². The van der Waals surface area contributed by atoms with Gasteiger partial charge in [0.25, 0.3) is 0 Å². The summed E-state index contributed by atoms with van der Waals surface area (Å²) in [5, 5.41) is 3.60. The van der Waals surface area contributed by atoms with Gasteiger partial charge in [-0.3, -0.25) is 14.8 Å². The molecule has 2 atom stereocenters. The SMILES string of the molecule is CCN(CC)C(CNC(=NC)N1CCC(N2CCOCC2)C1)c1ccco1.I. The predicted octanol–water partition coefficient (Wildman–Crippen LogP) is 2.26. The van der Waals surface area contributed by atoms with E-state index in [1.807, 2.05) is 13.1 Å². The number of nitrogens with zero attached hydrogens (tertiary/aromatic N) is 4. The van der Waals surface area contributed by atoms with Gasteiger partial charge in [-0.05, 0) is 31.6 Å². The second-order valence-electron chi connectivity index (χ2n) is 7.22. The van der Waals surface area contributed by atoms with Gasteiger partial charge in [0.05, 0.1) is 25.5 Å². The van der Waals surface area contributed by atoms with Crippen molar-refractivity contribution in [1.82, 2.24) is 20.0 Å². The number of rotatable bonds is 7. The van der Waals surface area contributed by atoms with Gasteiger partial charge in [0, 0.05) is 45.8 Å². The fourth-order valence-electron chi connectivity index (χ4n) is 4.25. The quantitative estimate of drug-likeness (QED) is 0.349. The highest BCUT2D eigenvalue weighted by Crippen LogP contribution is 2.21. The third kappa shape index (κ3) is 5.84. The summed E-state index contributed by atoms with van der Waals surface area (Å²) in [5.74, 6) is 2.00. The highest BCUT2D eigenvalue weighted by molar-refractivity contribution is 14.0. The molecule has 2 fully saturated rings. The molecule has 3 rings (SSSR count). The van der Waals surface area contributed by atoms with Crippen LogP contribution in [0.1, 0.15) is 32.1 Å². The number of aliphatic imine (C=N–C) groups is 1. The monoisotopic (exact) mass is 505 g/mol. The van der Waals surface area contributed by atoms with Crippen LogP contribution in [0.15, 0.2) is 27.8 Å². The first-order chi connectivity index (χ1) is 13.3. The minimum atomic E-state index is 0. The maximum absolute atomic E-state index is 5.71. The van der Waals surface area contributed by atoms with Crippen molar-refractivity contribution in [2.45, 2.75) is 32.4 Å². The molecule has 1 N–H and O–H groups in total. The van der Waals surface area contributed by atoms with Crippen molar-refractivity contribution in [3.63, 3.8) is 0 Å². The lowest BCUT2D eigenvalue weighted by molar-refractivity contribution is 0.0194. The molecule has 3 heterocycles.